The predicted molar refractivity (Wildman–Crippen MR) is 70.5 cm³/mol. The van der Waals surface area contributed by atoms with E-state index in [1.165, 1.54) is 12.1 Å². The van der Waals surface area contributed by atoms with Crippen molar-refractivity contribution in [3.63, 3.8) is 0 Å². The number of rotatable bonds is 3. The summed E-state index contributed by atoms with van der Waals surface area (Å²) in [5.41, 5.74) is -0.205. The topological polar surface area (TPSA) is 20.3 Å². The fraction of sp³-hybridized carbons (Fsp3) is 0.533. The number of piperidine rings is 1. The fourth-order valence-electron chi connectivity index (χ4n) is 2.64. The first-order valence-electron chi connectivity index (χ1n) is 7.02. The minimum Gasteiger partial charge on any atom is -0.299 e. The lowest BCUT2D eigenvalue weighted by atomic mass is 9.92. The zero-order chi connectivity index (χ0) is 17.3. The normalized spacial score (nSPS) is 20.8. The van der Waals surface area contributed by atoms with Gasteiger partial charge in [-0.1, -0.05) is 12.1 Å². The molecule has 2 rings (SSSR count). The maximum atomic E-state index is 12.5. The van der Waals surface area contributed by atoms with Gasteiger partial charge in [0.15, 0.2) is 0 Å². The number of hydrogen-bond donors (Lipinski definition) is 0. The van der Waals surface area contributed by atoms with Gasteiger partial charge in [0.1, 0.15) is 5.78 Å². The Morgan fingerprint density at radius 1 is 1.04 bits per heavy atom. The van der Waals surface area contributed by atoms with Crippen LogP contribution in [0.15, 0.2) is 24.3 Å². The number of alkyl halides is 6. The number of carbonyl (C=O) groups is 1. The van der Waals surface area contributed by atoms with Crippen molar-refractivity contribution < 1.29 is 31.1 Å². The number of Topliss-reactive ketones (excluding diaryl/α,β-unsaturated/α-hetero) is 1. The molecule has 2 nitrogen and oxygen atoms in total. The molecule has 1 aliphatic heterocycles. The molecular formula is C15H15F6NO. The first kappa shape index (κ1) is 17.8. The molecule has 128 valence electrons. The maximum absolute atomic E-state index is 12.5. The summed E-state index contributed by atoms with van der Waals surface area (Å²) in [7, 11) is 0. The molecule has 1 saturated heterocycles. The second kappa shape index (κ2) is 6.51. The molecule has 23 heavy (non-hydrogen) atoms. The number of carbonyl (C=O) groups excluding carboxylic acids is 1. The summed E-state index contributed by atoms with van der Waals surface area (Å²) in [5.74, 6) is -1.51. The lowest BCUT2D eigenvalue weighted by Crippen LogP contribution is -2.42. The molecule has 1 aromatic rings. The summed E-state index contributed by atoms with van der Waals surface area (Å²) in [6.45, 7) is 0.507. The summed E-state index contributed by atoms with van der Waals surface area (Å²) in [4.78, 5) is 13.2. The van der Waals surface area contributed by atoms with Gasteiger partial charge in [-0.2, -0.15) is 26.3 Å². The molecule has 8 heteroatoms. The predicted octanol–water partition coefficient (Wildman–Crippen LogP) is 4.05. The maximum Gasteiger partial charge on any atom is 0.416 e. The summed E-state index contributed by atoms with van der Waals surface area (Å²) < 4.78 is 74.8. The third kappa shape index (κ3) is 5.23. The number of likely N-dealkylation sites (tertiary alicyclic amines) is 1. The fourth-order valence-corrected chi connectivity index (χ4v) is 2.64. The first-order valence-corrected chi connectivity index (χ1v) is 7.02. The molecule has 1 unspecified atom stereocenters. The van der Waals surface area contributed by atoms with E-state index in [9.17, 15) is 31.1 Å². The zero-order valence-electron chi connectivity index (χ0n) is 12.0. The molecule has 1 fully saturated rings. The molecule has 0 saturated carbocycles. The van der Waals surface area contributed by atoms with Crippen LogP contribution >= 0.6 is 0 Å². The van der Waals surface area contributed by atoms with Crippen LogP contribution in [-0.2, 0) is 17.5 Å². The first-order chi connectivity index (χ1) is 10.5. The van der Waals surface area contributed by atoms with E-state index in [1.54, 1.807) is 4.90 Å². The van der Waals surface area contributed by atoms with Gasteiger partial charge in [0.2, 0.25) is 0 Å². The highest BCUT2D eigenvalue weighted by Crippen LogP contribution is 2.31. The van der Waals surface area contributed by atoms with Gasteiger partial charge in [0, 0.05) is 32.0 Å². The highest BCUT2D eigenvalue weighted by atomic mass is 19.4. The van der Waals surface area contributed by atoms with Crippen LogP contribution in [-0.4, -0.2) is 29.9 Å². The largest absolute Gasteiger partial charge is 0.416 e. The molecule has 0 amide bonds. The molecule has 1 aliphatic rings. The summed E-state index contributed by atoms with van der Waals surface area (Å²) in [5, 5.41) is 0. The van der Waals surface area contributed by atoms with Crippen molar-refractivity contribution in [2.45, 2.75) is 31.7 Å². The monoisotopic (exact) mass is 339 g/mol. The smallest absolute Gasteiger partial charge is 0.299 e. The Bertz CT molecular complexity index is 549. The summed E-state index contributed by atoms with van der Waals surface area (Å²) in [6, 6.07) is 4.49. The van der Waals surface area contributed by atoms with Gasteiger partial charge in [-0.15, -0.1) is 0 Å². The van der Waals surface area contributed by atoms with E-state index in [4.69, 9.17) is 0 Å². The Morgan fingerprint density at radius 2 is 1.65 bits per heavy atom. The van der Waals surface area contributed by atoms with Crippen LogP contribution in [0.4, 0.5) is 26.3 Å². The third-order valence-electron chi connectivity index (χ3n) is 3.77. The number of ketones is 1. The van der Waals surface area contributed by atoms with Gasteiger partial charge in [-0.25, -0.2) is 0 Å². The Balaban J connectivity index is 1.99. The molecule has 0 aromatic heterocycles. The minimum atomic E-state index is -4.42. The van der Waals surface area contributed by atoms with Crippen LogP contribution in [0.3, 0.4) is 0 Å². The molecule has 1 aromatic carbocycles. The van der Waals surface area contributed by atoms with Crippen LogP contribution in [0.5, 0.6) is 0 Å². The Hall–Kier alpha value is -1.57. The average molecular weight is 339 g/mol. The van der Waals surface area contributed by atoms with E-state index in [-0.39, 0.29) is 19.5 Å². The van der Waals surface area contributed by atoms with Crippen molar-refractivity contribution in [1.82, 2.24) is 4.90 Å². The van der Waals surface area contributed by atoms with E-state index < -0.39 is 36.0 Å². The summed E-state index contributed by atoms with van der Waals surface area (Å²) >= 11 is 0. The second-order valence-corrected chi connectivity index (χ2v) is 5.66. The van der Waals surface area contributed by atoms with Gasteiger partial charge in [0.05, 0.1) is 12.0 Å². The molecule has 1 atom stereocenters. The van der Waals surface area contributed by atoms with E-state index >= 15 is 0 Å². The molecule has 0 spiro atoms. The highest BCUT2D eigenvalue weighted by Gasteiger charge is 2.38. The quantitative estimate of drug-likeness (QED) is 0.775. The zero-order valence-corrected chi connectivity index (χ0v) is 12.0. The van der Waals surface area contributed by atoms with Crippen molar-refractivity contribution in [3.05, 3.63) is 35.4 Å². The highest BCUT2D eigenvalue weighted by molar-refractivity contribution is 5.82. The van der Waals surface area contributed by atoms with Crippen LogP contribution in [0.2, 0.25) is 0 Å². The van der Waals surface area contributed by atoms with Gasteiger partial charge < -0.3 is 0 Å². The SMILES string of the molecule is O=C1CCN(Cc2ccc(C(F)(F)F)cc2)CC1CC(F)(F)F. The van der Waals surface area contributed by atoms with Crippen LogP contribution in [0.25, 0.3) is 0 Å². The molecule has 0 radical (unpaired) electrons. The summed E-state index contributed by atoms with van der Waals surface area (Å²) in [6.07, 6.45) is -9.96. The molecular weight excluding hydrogens is 324 g/mol. The van der Waals surface area contributed by atoms with Gasteiger partial charge >= 0.3 is 12.4 Å². The Morgan fingerprint density at radius 3 is 2.17 bits per heavy atom. The Kier molecular flexibility index (Phi) is 5.03. The van der Waals surface area contributed by atoms with Crippen LogP contribution < -0.4 is 0 Å². The van der Waals surface area contributed by atoms with E-state index in [0.717, 1.165) is 12.1 Å². The number of nitrogens with zero attached hydrogens (tertiary/aromatic N) is 1. The second-order valence-electron chi connectivity index (χ2n) is 5.66. The molecule has 0 bridgehead atoms. The van der Waals surface area contributed by atoms with E-state index in [0.29, 0.717) is 12.1 Å². The van der Waals surface area contributed by atoms with Crippen molar-refractivity contribution in [2.24, 2.45) is 5.92 Å². The van der Waals surface area contributed by atoms with E-state index in [1.807, 2.05) is 0 Å². The number of hydrogen-bond acceptors (Lipinski definition) is 2. The average Bonchev–Trinajstić information content (AvgIpc) is 2.40. The lowest BCUT2D eigenvalue weighted by Gasteiger charge is -2.32. The molecule has 0 aliphatic carbocycles. The standard InChI is InChI=1S/C15H15F6NO/c16-14(17,18)7-11-9-22(6-5-13(11)23)8-10-1-3-12(4-2-10)15(19,20)21/h1-4,11H,5-9H2. The van der Waals surface area contributed by atoms with Gasteiger partial charge in [-0.3, -0.25) is 9.69 Å². The number of halogens is 6. The molecule has 1 heterocycles. The van der Waals surface area contributed by atoms with Crippen molar-refractivity contribution >= 4 is 5.78 Å². The van der Waals surface area contributed by atoms with Crippen molar-refractivity contribution in [2.75, 3.05) is 13.1 Å². The van der Waals surface area contributed by atoms with Gasteiger partial charge in [-0.05, 0) is 17.7 Å². The van der Waals surface area contributed by atoms with Crippen LogP contribution in [0.1, 0.15) is 24.0 Å². The van der Waals surface area contributed by atoms with Crippen molar-refractivity contribution in [1.29, 1.82) is 0 Å². The number of benzene rings is 1. The van der Waals surface area contributed by atoms with Crippen molar-refractivity contribution in [3.8, 4) is 0 Å². The Labute approximate surface area is 129 Å². The van der Waals surface area contributed by atoms with Gasteiger partial charge in [0.25, 0.3) is 0 Å². The lowest BCUT2D eigenvalue weighted by molar-refractivity contribution is -0.157. The third-order valence-corrected chi connectivity index (χ3v) is 3.77. The van der Waals surface area contributed by atoms with Crippen LogP contribution in [0, 0.1) is 5.92 Å². The molecule has 0 N–H and O–H groups in total. The van der Waals surface area contributed by atoms with E-state index in [2.05, 4.69) is 0 Å². The minimum absolute atomic E-state index is 0.0284.